The number of hydrogen-bond donors (Lipinski definition) is 1. The number of amides is 1. The summed E-state index contributed by atoms with van der Waals surface area (Å²) < 4.78 is 5.51. The summed E-state index contributed by atoms with van der Waals surface area (Å²) in [5.41, 5.74) is 0.681. The van der Waals surface area contributed by atoms with Gasteiger partial charge >= 0.3 is 5.69 Å². The molecule has 0 saturated carbocycles. The highest BCUT2D eigenvalue weighted by molar-refractivity contribution is 6.01. The Labute approximate surface area is 200 Å². The van der Waals surface area contributed by atoms with Crippen LogP contribution in [0.1, 0.15) is 17.5 Å². The summed E-state index contributed by atoms with van der Waals surface area (Å²) in [6.07, 6.45) is 2.96. The zero-order valence-corrected chi connectivity index (χ0v) is 18.4. The largest absolute Gasteiger partial charge is 0.450 e. The number of non-ortho nitro benzene ring substituents is 1. The minimum Gasteiger partial charge on any atom is -0.450 e. The smallest absolute Gasteiger partial charge is 0.318 e. The predicted molar refractivity (Wildman–Crippen MR) is 128 cm³/mol. The SMILES string of the molecule is N#C/C(=C/c1ccc(Oc2ccc([N+](=O)[O-])cc2[N+](=O)[O-])cc1)C(=O)NCCCc1ccccc1. The summed E-state index contributed by atoms with van der Waals surface area (Å²) in [7, 11) is 0. The average Bonchev–Trinajstić information content (AvgIpc) is 2.86. The van der Waals surface area contributed by atoms with Crippen molar-refractivity contribution in [3.63, 3.8) is 0 Å². The second-order valence-corrected chi connectivity index (χ2v) is 7.35. The molecule has 0 unspecified atom stereocenters. The van der Waals surface area contributed by atoms with E-state index in [-0.39, 0.29) is 17.1 Å². The number of carbonyl (C=O) groups excluding carboxylic acids is 1. The molecule has 0 aliphatic rings. The molecule has 0 fully saturated rings. The molecule has 35 heavy (non-hydrogen) atoms. The van der Waals surface area contributed by atoms with E-state index in [9.17, 15) is 30.3 Å². The number of rotatable bonds is 10. The van der Waals surface area contributed by atoms with Crippen LogP contribution in [-0.2, 0) is 11.2 Å². The number of hydrogen-bond acceptors (Lipinski definition) is 7. The topological polar surface area (TPSA) is 148 Å². The number of benzene rings is 3. The Morgan fingerprint density at radius 1 is 1.00 bits per heavy atom. The molecule has 0 bridgehead atoms. The first-order valence-corrected chi connectivity index (χ1v) is 10.5. The van der Waals surface area contributed by atoms with Crippen molar-refractivity contribution in [1.82, 2.24) is 5.32 Å². The Hall–Kier alpha value is -5.04. The molecule has 0 aliphatic heterocycles. The number of nitrogens with zero attached hydrogens (tertiary/aromatic N) is 3. The van der Waals surface area contributed by atoms with Crippen LogP contribution >= 0.6 is 0 Å². The van der Waals surface area contributed by atoms with Gasteiger partial charge in [-0.2, -0.15) is 5.26 Å². The third kappa shape index (κ3) is 6.97. The monoisotopic (exact) mass is 472 g/mol. The van der Waals surface area contributed by atoms with Gasteiger partial charge in [0.05, 0.1) is 15.9 Å². The highest BCUT2D eigenvalue weighted by atomic mass is 16.6. The van der Waals surface area contributed by atoms with Gasteiger partial charge in [0, 0.05) is 12.6 Å². The molecule has 0 heterocycles. The highest BCUT2D eigenvalue weighted by Gasteiger charge is 2.21. The van der Waals surface area contributed by atoms with Crippen molar-refractivity contribution in [2.45, 2.75) is 12.8 Å². The third-order valence-electron chi connectivity index (χ3n) is 4.90. The molecule has 0 radical (unpaired) electrons. The number of ether oxygens (including phenoxy) is 1. The Morgan fingerprint density at radius 3 is 2.34 bits per heavy atom. The van der Waals surface area contributed by atoms with E-state index in [4.69, 9.17) is 4.74 Å². The minimum absolute atomic E-state index is 0.0654. The summed E-state index contributed by atoms with van der Waals surface area (Å²) in [6.45, 7) is 0.424. The van der Waals surface area contributed by atoms with Gasteiger partial charge in [0.1, 0.15) is 17.4 Å². The Bertz CT molecular complexity index is 1300. The molecule has 10 nitrogen and oxygen atoms in total. The highest BCUT2D eigenvalue weighted by Crippen LogP contribution is 2.34. The van der Waals surface area contributed by atoms with E-state index in [2.05, 4.69) is 5.32 Å². The maximum absolute atomic E-state index is 12.3. The lowest BCUT2D eigenvalue weighted by molar-refractivity contribution is -0.394. The Kier molecular flexibility index (Phi) is 8.23. The van der Waals surface area contributed by atoms with Crippen LogP contribution in [0.2, 0.25) is 0 Å². The van der Waals surface area contributed by atoms with Crippen molar-refractivity contribution in [1.29, 1.82) is 5.26 Å². The molecule has 1 amide bonds. The number of nitro benzene ring substituents is 2. The van der Waals surface area contributed by atoms with Crippen LogP contribution in [0.25, 0.3) is 6.08 Å². The molecule has 3 aromatic carbocycles. The van der Waals surface area contributed by atoms with E-state index in [1.54, 1.807) is 12.1 Å². The summed E-state index contributed by atoms with van der Waals surface area (Å²) in [5.74, 6) is -0.401. The van der Waals surface area contributed by atoms with Crippen LogP contribution < -0.4 is 10.1 Å². The molecule has 176 valence electrons. The fourth-order valence-corrected chi connectivity index (χ4v) is 3.16. The zero-order valence-electron chi connectivity index (χ0n) is 18.4. The number of aryl methyl sites for hydroxylation is 1. The lowest BCUT2D eigenvalue weighted by Crippen LogP contribution is -2.25. The predicted octanol–water partition coefficient (Wildman–Crippen LogP) is 4.95. The van der Waals surface area contributed by atoms with Crippen LogP contribution in [0.3, 0.4) is 0 Å². The lowest BCUT2D eigenvalue weighted by atomic mass is 10.1. The van der Waals surface area contributed by atoms with Gasteiger partial charge in [-0.15, -0.1) is 0 Å². The maximum atomic E-state index is 12.3. The second kappa shape index (κ2) is 11.7. The van der Waals surface area contributed by atoms with Crippen molar-refractivity contribution in [2.75, 3.05) is 6.54 Å². The van der Waals surface area contributed by atoms with Crippen LogP contribution in [0.4, 0.5) is 11.4 Å². The molecule has 0 aromatic heterocycles. The standard InChI is InChI=1S/C25H20N4O6/c26-17-20(25(30)27-14-4-7-18-5-2-1-3-6-18)15-19-8-11-22(12-9-19)35-24-13-10-21(28(31)32)16-23(24)29(33)34/h1-3,5-6,8-13,15-16H,4,7,14H2,(H,27,30)/b20-15-. The summed E-state index contributed by atoms with van der Waals surface area (Å²) >= 11 is 0. The first-order chi connectivity index (χ1) is 16.9. The van der Waals surface area contributed by atoms with Gasteiger partial charge in [0.15, 0.2) is 0 Å². The second-order valence-electron chi connectivity index (χ2n) is 7.35. The van der Waals surface area contributed by atoms with Gasteiger partial charge in [-0.25, -0.2) is 0 Å². The van der Waals surface area contributed by atoms with E-state index in [0.29, 0.717) is 12.1 Å². The van der Waals surface area contributed by atoms with Crippen LogP contribution in [0.5, 0.6) is 11.5 Å². The molecule has 3 rings (SSSR count). The summed E-state index contributed by atoms with van der Waals surface area (Å²) in [5, 5.41) is 34.2. The van der Waals surface area contributed by atoms with E-state index in [1.807, 2.05) is 36.4 Å². The fourth-order valence-electron chi connectivity index (χ4n) is 3.16. The molecular formula is C25H20N4O6. The van der Waals surface area contributed by atoms with E-state index >= 15 is 0 Å². The van der Waals surface area contributed by atoms with Gasteiger partial charge in [-0.3, -0.25) is 25.0 Å². The zero-order chi connectivity index (χ0) is 25.2. The molecule has 0 spiro atoms. The van der Waals surface area contributed by atoms with Gasteiger partial charge in [0.2, 0.25) is 5.75 Å². The summed E-state index contributed by atoms with van der Waals surface area (Å²) in [6, 6.07) is 21.0. The molecule has 0 saturated heterocycles. The first kappa shape index (κ1) is 24.6. The summed E-state index contributed by atoms with van der Waals surface area (Å²) in [4.78, 5) is 33.0. The molecule has 0 aliphatic carbocycles. The third-order valence-corrected chi connectivity index (χ3v) is 4.90. The number of nitrogens with one attached hydrogen (secondary N) is 1. The fraction of sp³-hybridized carbons (Fsp3) is 0.120. The van der Waals surface area contributed by atoms with Crippen LogP contribution in [0, 0.1) is 31.6 Å². The van der Waals surface area contributed by atoms with Crippen molar-refractivity contribution in [3.8, 4) is 17.6 Å². The first-order valence-electron chi connectivity index (χ1n) is 10.5. The van der Waals surface area contributed by atoms with Gasteiger partial charge < -0.3 is 10.1 Å². The minimum atomic E-state index is -0.767. The molecular weight excluding hydrogens is 452 g/mol. The molecule has 3 aromatic rings. The average molecular weight is 472 g/mol. The van der Waals surface area contributed by atoms with Gasteiger partial charge in [-0.1, -0.05) is 42.5 Å². The maximum Gasteiger partial charge on any atom is 0.318 e. The number of nitro groups is 2. The Morgan fingerprint density at radius 2 is 1.71 bits per heavy atom. The molecule has 1 N–H and O–H groups in total. The Balaban J connectivity index is 1.62. The van der Waals surface area contributed by atoms with Crippen molar-refractivity contribution >= 4 is 23.4 Å². The lowest BCUT2D eigenvalue weighted by Gasteiger charge is -2.07. The van der Waals surface area contributed by atoms with Gasteiger partial charge in [-0.05, 0) is 48.2 Å². The van der Waals surface area contributed by atoms with E-state index in [1.165, 1.54) is 23.8 Å². The number of nitriles is 1. The number of carbonyl (C=O) groups is 1. The molecule has 10 heteroatoms. The van der Waals surface area contributed by atoms with E-state index < -0.39 is 27.1 Å². The van der Waals surface area contributed by atoms with Crippen molar-refractivity contribution < 1.29 is 19.4 Å². The van der Waals surface area contributed by atoms with Crippen molar-refractivity contribution in [3.05, 3.63) is 110 Å². The molecule has 0 atom stereocenters. The normalized spacial score (nSPS) is 10.8. The van der Waals surface area contributed by atoms with Crippen LogP contribution in [0.15, 0.2) is 78.4 Å². The van der Waals surface area contributed by atoms with Crippen LogP contribution in [-0.4, -0.2) is 22.3 Å². The van der Waals surface area contributed by atoms with Gasteiger partial charge in [0.25, 0.3) is 11.6 Å². The van der Waals surface area contributed by atoms with Crippen molar-refractivity contribution in [2.24, 2.45) is 0 Å². The van der Waals surface area contributed by atoms with E-state index in [0.717, 1.165) is 31.0 Å². The quantitative estimate of drug-likeness (QED) is 0.144.